The second kappa shape index (κ2) is 7.79. The number of aromatic nitrogens is 2. The number of carbonyl (C=O) groups is 1. The van der Waals surface area contributed by atoms with Gasteiger partial charge in [-0.2, -0.15) is 0 Å². The molecule has 0 saturated heterocycles. The third kappa shape index (κ3) is 4.09. The Hall–Kier alpha value is -3.87. The molecule has 7 nitrogen and oxygen atoms in total. The first-order chi connectivity index (χ1) is 13.7. The van der Waals surface area contributed by atoms with Crippen molar-refractivity contribution in [2.45, 2.75) is 6.92 Å². The van der Waals surface area contributed by atoms with Crippen LogP contribution in [0.4, 0.5) is 5.69 Å². The first-order valence-corrected chi connectivity index (χ1v) is 8.60. The van der Waals surface area contributed by atoms with Crippen molar-refractivity contribution in [3.63, 3.8) is 0 Å². The molecule has 0 radical (unpaired) electrons. The minimum atomic E-state index is -0.233. The average Bonchev–Trinajstić information content (AvgIpc) is 3.17. The topological polar surface area (TPSA) is 82.6 Å². The molecular weight excluding hydrogens is 358 g/mol. The summed E-state index contributed by atoms with van der Waals surface area (Å²) in [5, 5.41) is 2.86. The molecule has 0 aliphatic carbocycles. The minimum absolute atomic E-state index is 0.221. The predicted octanol–water partition coefficient (Wildman–Crippen LogP) is 3.96. The summed E-state index contributed by atoms with van der Waals surface area (Å²) in [5.74, 6) is 2.18. The van der Waals surface area contributed by atoms with Crippen molar-refractivity contribution >= 4 is 17.7 Å². The average molecular weight is 375 g/mol. The number of hydrogen-bond acceptors (Lipinski definition) is 6. The summed E-state index contributed by atoms with van der Waals surface area (Å²) in [6.45, 7) is 2.11. The number of nitrogens with zero attached hydrogens (tertiary/aromatic N) is 2. The smallest absolute Gasteiger partial charge is 0.248 e. The number of ether oxygens (including phenoxy) is 3. The number of rotatable bonds is 5. The molecule has 1 aliphatic heterocycles. The highest BCUT2D eigenvalue weighted by molar-refractivity contribution is 6.02. The Morgan fingerprint density at radius 1 is 1.14 bits per heavy atom. The molecule has 7 heteroatoms. The van der Waals surface area contributed by atoms with Gasteiger partial charge in [0.05, 0.1) is 6.20 Å². The van der Waals surface area contributed by atoms with E-state index in [4.69, 9.17) is 14.2 Å². The lowest BCUT2D eigenvalue weighted by molar-refractivity contribution is -0.111. The Balaban J connectivity index is 1.40. The van der Waals surface area contributed by atoms with Crippen LogP contribution in [0.3, 0.4) is 0 Å². The first-order valence-electron chi connectivity index (χ1n) is 8.60. The normalized spacial score (nSPS) is 12.2. The Morgan fingerprint density at radius 2 is 2.04 bits per heavy atom. The maximum absolute atomic E-state index is 12.2. The number of anilines is 1. The third-order valence-corrected chi connectivity index (χ3v) is 4.04. The number of amides is 1. The van der Waals surface area contributed by atoms with Crippen molar-refractivity contribution in [3.05, 3.63) is 72.2 Å². The van der Waals surface area contributed by atoms with Gasteiger partial charge in [-0.05, 0) is 54.5 Å². The summed E-state index contributed by atoms with van der Waals surface area (Å²) < 4.78 is 16.2. The molecule has 4 rings (SSSR count). The Morgan fingerprint density at radius 3 is 2.86 bits per heavy atom. The van der Waals surface area contributed by atoms with Crippen LogP contribution in [0.15, 0.2) is 61.1 Å². The van der Waals surface area contributed by atoms with Gasteiger partial charge in [0.1, 0.15) is 5.75 Å². The molecule has 0 saturated carbocycles. The predicted molar refractivity (Wildman–Crippen MR) is 104 cm³/mol. The van der Waals surface area contributed by atoms with E-state index in [1.807, 2.05) is 31.2 Å². The van der Waals surface area contributed by atoms with E-state index in [2.05, 4.69) is 15.3 Å². The van der Waals surface area contributed by atoms with Gasteiger partial charge in [0.2, 0.25) is 18.6 Å². The molecular formula is C21H17N3O4. The summed E-state index contributed by atoms with van der Waals surface area (Å²) in [6.07, 6.45) is 7.86. The Bertz CT molecular complexity index is 1040. The fourth-order valence-electron chi connectivity index (χ4n) is 2.66. The van der Waals surface area contributed by atoms with Gasteiger partial charge in [-0.25, -0.2) is 4.98 Å². The third-order valence-electron chi connectivity index (χ3n) is 4.04. The molecule has 140 valence electrons. The van der Waals surface area contributed by atoms with Gasteiger partial charge >= 0.3 is 0 Å². The summed E-state index contributed by atoms with van der Waals surface area (Å²) >= 11 is 0. The SMILES string of the molecule is Cc1cc(Oc2cnccn2)ccc1NC(=O)/C=C/c1ccc2c(c1)OCO2. The molecule has 28 heavy (non-hydrogen) atoms. The van der Waals surface area contributed by atoms with Gasteiger partial charge in [-0.3, -0.25) is 9.78 Å². The van der Waals surface area contributed by atoms with Gasteiger partial charge in [-0.15, -0.1) is 0 Å². The molecule has 3 aromatic rings. The Labute approximate surface area is 161 Å². The van der Waals surface area contributed by atoms with E-state index in [1.54, 1.807) is 30.6 Å². The monoisotopic (exact) mass is 375 g/mol. The number of hydrogen-bond donors (Lipinski definition) is 1. The van der Waals surface area contributed by atoms with Crippen LogP contribution in [-0.2, 0) is 4.79 Å². The van der Waals surface area contributed by atoms with E-state index < -0.39 is 0 Å². The van der Waals surface area contributed by atoms with Crippen LogP contribution in [0.5, 0.6) is 23.1 Å². The number of aryl methyl sites for hydroxylation is 1. The van der Waals surface area contributed by atoms with E-state index in [1.165, 1.54) is 12.3 Å². The van der Waals surface area contributed by atoms with Crippen LogP contribution in [0.25, 0.3) is 6.08 Å². The lowest BCUT2D eigenvalue weighted by atomic mass is 10.1. The summed E-state index contributed by atoms with van der Waals surface area (Å²) in [7, 11) is 0. The molecule has 1 N–H and O–H groups in total. The van der Waals surface area contributed by atoms with E-state index in [9.17, 15) is 4.79 Å². The van der Waals surface area contributed by atoms with Gasteiger partial charge in [0.15, 0.2) is 11.5 Å². The first kappa shape index (κ1) is 17.5. The van der Waals surface area contributed by atoms with Gasteiger partial charge < -0.3 is 19.5 Å². The van der Waals surface area contributed by atoms with Crippen molar-refractivity contribution in [1.82, 2.24) is 9.97 Å². The lowest BCUT2D eigenvalue weighted by Crippen LogP contribution is -2.08. The molecule has 2 heterocycles. The summed E-state index contributed by atoms with van der Waals surface area (Å²) in [6, 6.07) is 10.9. The van der Waals surface area contributed by atoms with Crippen molar-refractivity contribution in [2.24, 2.45) is 0 Å². The molecule has 1 aromatic heterocycles. The van der Waals surface area contributed by atoms with E-state index >= 15 is 0 Å². The summed E-state index contributed by atoms with van der Waals surface area (Å²) in [5.41, 5.74) is 2.42. The van der Waals surface area contributed by atoms with Crippen LogP contribution in [-0.4, -0.2) is 22.7 Å². The second-order valence-corrected chi connectivity index (χ2v) is 6.06. The zero-order valence-electron chi connectivity index (χ0n) is 15.1. The van der Waals surface area contributed by atoms with Crippen LogP contribution >= 0.6 is 0 Å². The van der Waals surface area contributed by atoms with Crippen molar-refractivity contribution in [3.8, 4) is 23.1 Å². The van der Waals surface area contributed by atoms with E-state index in [0.29, 0.717) is 28.8 Å². The zero-order valence-corrected chi connectivity index (χ0v) is 15.1. The maximum Gasteiger partial charge on any atom is 0.248 e. The zero-order chi connectivity index (χ0) is 19.3. The fraction of sp³-hybridized carbons (Fsp3) is 0.0952. The molecule has 1 amide bonds. The largest absolute Gasteiger partial charge is 0.454 e. The maximum atomic E-state index is 12.2. The molecule has 2 aromatic carbocycles. The number of nitrogens with one attached hydrogen (secondary N) is 1. The van der Waals surface area contributed by atoms with Crippen LogP contribution in [0, 0.1) is 6.92 Å². The molecule has 0 unspecified atom stereocenters. The van der Waals surface area contributed by atoms with Crippen molar-refractivity contribution in [1.29, 1.82) is 0 Å². The molecule has 0 fully saturated rings. The molecule has 1 aliphatic rings. The van der Waals surface area contributed by atoms with Crippen LogP contribution in [0.1, 0.15) is 11.1 Å². The van der Waals surface area contributed by atoms with Crippen LogP contribution in [0.2, 0.25) is 0 Å². The molecule has 0 atom stereocenters. The second-order valence-electron chi connectivity index (χ2n) is 6.06. The minimum Gasteiger partial charge on any atom is -0.454 e. The Kier molecular flexibility index (Phi) is 4.88. The number of benzene rings is 2. The number of carbonyl (C=O) groups excluding carboxylic acids is 1. The van der Waals surface area contributed by atoms with E-state index in [0.717, 1.165) is 11.1 Å². The van der Waals surface area contributed by atoms with Crippen molar-refractivity contribution in [2.75, 3.05) is 12.1 Å². The molecule has 0 bridgehead atoms. The molecule has 0 spiro atoms. The quantitative estimate of drug-likeness (QED) is 0.680. The highest BCUT2D eigenvalue weighted by Gasteiger charge is 2.12. The summed E-state index contributed by atoms with van der Waals surface area (Å²) in [4.78, 5) is 20.3. The number of fused-ring (bicyclic) bond motifs is 1. The van der Waals surface area contributed by atoms with E-state index in [-0.39, 0.29) is 12.7 Å². The van der Waals surface area contributed by atoms with Crippen molar-refractivity contribution < 1.29 is 19.0 Å². The van der Waals surface area contributed by atoms with Gasteiger partial charge in [-0.1, -0.05) is 6.07 Å². The fourth-order valence-corrected chi connectivity index (χ4v) is 2.66. The lowest BCUT2D eigenvalue weighted by Gasteiger charge is -2.09. The highest BCUT2D eigenvalue weighted by Crippen LogP contribution is 2.32. The van der Waals surface area contributed by atoms with Crippen LogP contribution < -0.4 is 19.5 Å². The highest BCUT2D eigenvalue weighted by atomic mass is 16.7. The standard InChI is InChI=1S/C21H17N3O4/c1-14-10-16(28-21-12-22-8-9-23-21)4-5-17(14)24-20(25)7-3-15-2-6-18-19(11-15)27-13-26-18/h2-12H,13H2,1H3,(H,24,25)/b7-3+. The van der Waals surface area contributed by atoms with Gasteiger partial charge in [0.25, 0.3) is 0 Å². The van der Waals surface area contributed by atoms with Gasteiger partial charge in [0, 0.05) is 24.2 Å².